The van der Waals surface area contributed by atoms with Crippen molar-refractivity contribution in [1.29, 1.82) is 0 Å². The summed E-state index contributed by atoms with van der Waals surface area (Å²) < 4.78 is 23.6. The molecule has 1 saturated heterocycles. The number of benzene rings is 1. The predicted octanol–water partition coefficient (Wildman–Crippen LogP) is 1.32. The maximum Gasteiger partial charge on any atom is 0.173 e. The van der Waals surface area contributed by atoms with Gasteiger partial charge in [-0.15, -0.1) is 0 Å². The van der Waals surface area contributed by atoms with Crippen LogP contribution in [0.3, 0.4) is 0 Å². The fourth-order valence-electron chi connectivity index (χ4n) is 2.64. The maximum absolute atomic E-state index is 11.8. The van der Waals surface area contributed by atoms with Crippen molar-refractivity contribution in [2.75, 3.05) is 44.0 Å². The molecule has 1 aromatic carbocycles. The fourth-order valence-corrected chi connectivity index (χ4v) is 5.25. The highest BCUT2D eigenvalue weighted by molar-refractivity contribution is 7.91. The molecular weight excluding hydrogens is 389 g/mol. The van der Waals surface area contributed by atoms with Crippen LogP contribution in [0.1, 0.15) is 6.42 Å². The SMILES string of the molecule is C[NH+](C)CCN(C(=S)Nc1cc(Cl)cc(Cl)c1)[C@H]1CCS(=O)(=O)C1. The lowest BCUT2D eigenvalue weighted by Gasteiger charge is -2.31. The first-order valence-corrected chi connectivity index (χ1v) is 10.7. The van der Waals surface area contributed by atoms with Gasteiger partial charge in [0.1, 0.15) is 0 Å². The Hall–Kier alpha value is -0.600. The summed E-state index contributed by atoms with van der Waals surface area (Å²) in [5, 5.41) is 4.66. The number of sulfone groups is 1. The number of nitrogens with one attached hydrogen (secondary N) is 2. The van der Waals surface area contributed by atoms with Gasteiger partial charge < -0.3 is 15.1 Å². The molecule has 1 aromatic rings. The summed E-state index contributed by atoms with van der Waals surface area (Å²) in [5.74, 6) is 0.364. The number of anilines is 1. The number of hydrogen-bond acceptors (Lipinski definition) is 3. The first-order chi connectivity index (χ1) is 11.2. The Balaban J connectivity index is 2.14. The van der Waals surface area contributed by atoms with Gasteiger partial charge in [-0.2, -0.15) is 0 Å². The second kappa shape index (κ2) is 8.19. The second-order valence-corrected chi connectivity index (χ2v) is 9.78. The number of quaternary nitrogens is 1. The van der Waals surface area contributed by atoms with Gasteiger partial charge in [0.05, 0.1) is 38.7 Å². The molecule has 1 atom stereocenters. The van der Waals surface area contributed by atoms with Crippen molar-refractivity contribution in [3.05, 3.63) is 28.2 Å². The summed E-state index contributed by atoms with van der Waals surface area (Å²) in [6, 6.07) is 5.03. The third kappa shape index (κ3) is 5.74. The van der Waals surface area contributed by atoms with Gasteiger partial charge in [0.25, 0.3) is 0 Å². The normalized spacial score (nSPS) is 19.5. The summed E-state index contributed by atoms with van der Waals surface area (Å²) in [5.41, 5.74) is 0.695. The molecule has 0 aliphatic carbocycles. The van der Waals surface area contributed by atoms with Crippen LogP contribution in [0.5, 0.6) is 0 Å². The van der Waals surface area contributed by atoms with E-state index in [0.717, 1.165) is 6.54 Å². The van der Waals surface area contributed by atoms with Crippen molar-refractivity contribution in [2.45, 2.75) is 12.5 Å². The highest BCUT2D eigenvalue weighted by Crippen LogP contribution is 2.24. The molecule has 1 heterocycles. The van der Waals surface area contributed by atoms with Crippen LogP contribution in [0.2, 0.25) is 10.0 Å². The average Bonchev–Trinajstić information content (AvgIpc) is 2.77. The minimum absolute atomic E-state index is 0.0935. The van der Waals surface area contributed by atoms with Crippen LogP contribution in [0.4, 0.5) is 5.69 Å². The molecule has 2 N–H and O–H groups in total. The molecule has 0 amide bonds. The van der Waals surface area contributed by atoms with E-state index in [1.54, 1.807) is 18.2 Å². The van der Waals surface area contributed by atoms with Crippen LogP contribution in [0.15, 0.2) is 18.2 Å². The molecular formula is C15H22Cl2N3O2S2+. The minimum atomic E-state index is -2.98. The molecule has 24 heavy (non-hydrogen) atoms. The number of likely N-dealkylation sites (N-methyl/N-ethyl adjacent to an activating group) is 1. The van der Waals surface area contributed by atoms with Crippen molar-refractivity contribution in [3.8, 4) is 0 Å². The minimum Gasteiger partial charge on any atom is -0.339 e. The molecule has 0 saturated carbocycles. The Labute approximate surface area is 158 Å². The molecule has 1 aliphatic heterocycles. The summed E-state index contributed by atoms with van der Waals surface area (Å²) in [4.78, 5) is 3.25. The molecule has 9 heteroatoms. The summed E-state index contributed by atoms with van der Waals surface area (Å²) in [6.07, 6.45) is 0.600. The Kier molecular flexibility index (Phi) is 6.73. The van der Waals surface area contributed by atoms with E-state index in [0.29, 0.717) is 33.8 Å². The Bertz CT molecular complexity index is 690. The predicted molar refractivity (Wildman–Crippen MR) is 104 cm³/mol. The molecule has 0 spiro atoms. The van der Waals surface area contributed by atoms with Crippen molar-refractivity contribution in [3.63, 3.8) is 0 Å². The van der Waals surface area contributed by atoms with Crippen LogP contribution in [-0.4, -0.2) is 63.2 Å². The summed E-state index contributed by atoms with van der Waals surface area (Å²) in [7, 11) is 1.13. The molecule has 2 rings (SSSR count). The molecule has 0 radical (unpaired) electrons. The lowest BCUT2D eigenvalue weighted by Crippen LogP contribution is -3.06. The number of halogens is 2. The number of hydrogen-bond donors (Lipinski definition) is 2. The number of thiocarbonyl (C=S) groups is 1. The molecule has 0 unspecified atom stereocenters. The Morgan fingerprint density at radius 2 is 1.96 bits per heavy atom. The first-order valence-electron chi connectivity index (χ1n) is 7.69. The smallest absolute Gasteiger partial charge is 0.173 e. The van der Waals surface area contributed by atoms with Gasteiger partial charge in [-0.05, 0) is 36.8 Å². The van der Waals surface area contributed by atoms with Crippen LogP contribution >= 0.6 is 35.4 Å². The van der Waals surface area contributed by atoms with Gasteiger partial charge in [-0.25, -0.2) is 8.42 Å². The summed E-state index contributed by atoms with van der Waals surface area (Å²) >= 11 is 17.6. The lowest BCUT2D eigenvalue weighted by atomic mass is 10.2. The summed E-state index contributed by atoms with van der Waals surface area (Å²) in [6.45, 7) is 1.54. The molecule has 5 nitrogen and oxygen atoms in total. The highest BCUT2D eigenvalue weighted by Gasteiger charge is 2.33. The van der Waals surface area contributed by atoms with Crippen molar-refractivity contribution in [2.24, 2.45) is 0 Å². The topological polar surface area (TPSA) is 53.9 Å². The molecule has 0 aromatic heterocycles. The molecule has 1 aliphatic rings. The van der Waals surface area contributed by atoms with Gasteiger partial charge in [-0.1, -0.05) is 23.2 Å². The van der Waals surface area contributed by atoms with E-state index < -0.39 is 9.84 Å². The first kappa shape index (κ1) is 19.7. The van der Waals surface area contributed by atoms with E-state index in [1.165, 1.54) is 4.90 Å². The maximum atomic E-state index is 11.8. The number of nitrogens with zero attached hydrogens (tertiary/aromatic N) is 1. The van der Waals surface area contributed by atoms with Crippen molar-refractivity contribution >= 4 is 56.1 Å². The standard InChI is InChI=1S/C15H21Cl2N3O2S2/c1-19(2)4-5-20(14-3-6-24(21,22)10-14)15(23)18-13-8-11(16)7-12(17)9-13/h7-9,14H,3-6,10H2,1-2H3,(H,18,23)/p+1/t14-/m0/s1. The quantitative estimate of drug-likeness (QED) is 0.716. The number of rotatable bonds is 5. The van der Waals surface area contributed by atoms with E-state index in [4.69, 9.17) is 35.4 Å². The fraction of sp³-hybridized carbons (Fsp3) is 0.533. The van der Waals surface area contributed by atoms with Crippen LogP contribution in [-0.2, 0) is 9.84 Å². The zero-order valence-corrected chi connectivity index (χ0v) is 16.8. The van der Waals surface area contributed by atoms with Crippen LogP contribution in [0, 0.1) is 0 Å². The van der Waals surface area contributed by atoms with E-state index in [9.17, 15) is 8.42 Å². The monoisotopic (exact) mass is 410 g/mol. The van der Waals surface area contributed by atoms with E-state index in [1.807, 2.05) is 4.90 Å². The molecule has 0 bridgehead atoms. The van der Waals surface area contributed by atoms with Gasteiger partial charge in [-0.3, -0.25) is 0 Å². The second-order valence-electron chi connectivity index (χ2n) is 6.30. The van der Waals surface area contributed by atoms with E-state index in [2.05, 4.69) is 19.4 Å². The average molecular weight is 411 g/mol. The largest absolute Gasteiger partial charge is 0.339 e. The Morgan fingerprint density at radius 1 is 1.33 bits per heavy atom. The van der Waals surface area contributed by atoms with Crippen LogP contribution < -0.4 is 10.2 Å². The lowest BCUT2D eigenvalue weighted by molar-refractivity contribution is -0.857. The van der Waals surface area contributed by atoms with Crippen molar-refractivity contribution in [1.82, 2.24) is 4.90 Å². The molecule has 134 valence electrons. The zero-order valence-electron chi connectivity index (χ0n) is 13.7. The third-order valence-electron chi connectivity index (χ3n) is 3.88. The van der Waals surface area contributed by atoms with Gasteiger partial charge >= 0.3 is 0 Å². The van der Waals surface area contributed by atoms with Crippen LogP contribution in [0.25, 0.3) is 0 Å². The van der Waals surface area contributed by atoms with Gasteiger partial charge in [0.15, 0.2) is 14.9 Å². The molecule has 1 fully saturated rings. The van der Waals surface area contributed by atoms with Gasteiger partial charge in [0.2, 0.25) is 0 Å². The van der Waals surface area contributed by atoms with Crippen molar-refractivity contribution < 1.29 is 13.3 Å². The third-order valence-corrected chi connectivity index (χ3v) is 6.40. The zero-order chi connectivity index (χ0) is 17.9. The van der Waals surface area contributed by atoms with E-state index in [-0.39, 0.29) is 17.5 Å². The van der Waals surface area contributed by atoms with E-state index >= 15 is 0 Å². The highest BCUT2D eigenvalue weighted by atomic mass is 35.5. The van der Waals surface area contributed by atoms with Gasteiger partial charge in [0, 0.05) is 21.8 Å². The Morgan fingerprint density at radius 3 is 2.46 bits per heavy atom.